The topological polar surface area (TPSA) is 9.86 Å². The minimum absolute atomic E-state index is 0.112. The second-order valence-electron chi connectivity index (χ2n) is 14.4. The number of hydrogen-bond acceptors (Lipinski definition) is 0. The molecule has 12 rings (SSSR count). The summed E-state index contributed by atoms with van der Waals surface area (Å²) >= 11 is 0. The van der Waals surface area contributed by atoms with Crippen LogP contribution in [-0.2, 0) is 0 Å². The van der Waals surface area contributed by atoms with Gasteiger partial charge < -0.3 is 9.13 Å². The average molecular weight is 675 g/mol. The Morgan fingerprint density at radius 1 is 0.346 bits per heavy atom. The van der Waals surface area contributed by atoms with E-state index in [2.05, 4.69) is 197 Å². The van der Waals surface area contributed by atoms with Gasteiger partial charge in [-0.2, -0.15) is 0 Å². The quantitative estimate of drug-likeness (QED) is 0.151. The molecule has 4 heteroatoms. The van der Waals surface area contributed by atoms with Crippen LogP contribution in [0.25, 0.3) is 55.0 Å². The molecule has 10 aromatic rings. The number of benzene rings is 8. The molecule has 0 saturated heterocycles. The van der Waals surface area contributed by atoms with Crippen molar-refractivity contribution in [1.29, 1.82) is 0 Å². The number of aromatic nitrogens is 2. The van der Waals surface area contributed by atoms with Crippen LogP contribution < -0.4 is 37.1 Å². The van der Waals surface area contributed by atoms with E-state index in [1.54, 1.807) is 0 Å². The molecular formula is C48H31BN2Si. The molecule has 0 radical (unpaired) electrons. The van der Waals surface area contributed by atoms with E-state index in [0.29, 0.717) is 0 Å². The second-order valence-corrected chi connectivity index (χ2v) is 18.2. The normalized spacial score (nSPS) is 13.0. The zero-order chi connectivity index (χ0) is 34.0. The summed E-state index contributed by atoms with van der Waals surface area (Å²) in [4.78, 5) is 0. The molecule has 0 atom stereocenters. The summed E-state index contributed by atoms with van der Waals surface area (Å²) in [5.74, 6) is 0. The Balaban J connectivity index is 1.34. The fourth-order valence-electron chi connectivity index (χ4n) is 10.1. The monoisotopic (exact) mass is 674 g/mol. The fourth-order valence-corrected chi connectivity index (χ4v) is 14.9. The molecule has 4 heterocycles. The van der Waals surface area contributed by atoms with Gasteiger partial charge in [-0.3, -0.25) is 0 Å². The van der Waals surface area contributed by atoms with Crippen LogP contribution in [0.15, 0.2) is 188 Å². The molecule has 0 amide bonds. The molecule has 0 N–H and O–H groups in total. The first-order valence-corrected chi connectivity index (χ1v) is 20.2. The van der Waals surface area contributed by atoms with Crippen molar-refractivity contribution >= 4 is 95.5 Å². The first kappa shape index (κ1) is 28.4. The minimum Gasteiger partial charge on any atom is -0.310 e. The molecule has 8 aromatic carbocycles. The first-order valence-electron chi connectivity index (χ1n) is 18.2. The van der Waals surface area contributed by atoms with E-state index in [9.17, 15) is 0 Å². The lowest BCUT2D eigenvalue weighted by Crippen LogP contribution is -2.75. The van der Waals surface area contributed by atoms with Gasteiger partial charge in [0.2, 0.25) is 0 Å². The van der Waals surface area contributed by atoms with Crippen molar-refractivity contribution in [3.8, 4) is 11.4 Å². The number of para-hydroxylation sites is 4. The lowest BCUT2D eigenvalue weighted by Gasteiger charge is -2.38. The molecule has 0 fully saturated rings. The summed E-state index contributed by atoms with van der Waals surface area (Å²) in [6.45, 7) is 0.112. The largest absolute Gasteiger partial charge is 0.310 e. The molecule has 0 saturated carbocycles. The smallest absolute Gasteiger partial charge is 0.252 e. The van der Waals surface area contributed by atoms with Crippen molar-refractivity contribution in [3.63, 3.8) is 0 Å². The molecule has 0 aliphatic carbocycles. The van der Waals surface area contributed by atoms with E-state index in [1.807, 2.05) is 0 Å². The van der Waals surface area contributed by atoms with Gasteiger partial charge in [0.15, 0.2) is 8.07 Å². The van der Waals surface area contributed by atoms with Gasteiger partial charge in [0, 0.05) is 44.0 Å². The van der Waals surface area contributed by atoms with Crippen LogP contribution in [0, 0.1) is 0 Å². The predicted molar refractivity (Wildman–Crippen MR) is 223 cm³/mol. The van der Waals surface area contributed by atoms with Crippen molar-refractivity contribution in [1.82, 2.24) is 9.13 Å². The lowest BCUT2D eigenvalue weighted by atomic mass is 9.34. The van der Waals surface area contributed by atoms with Crippen molar-refractivity contribution in [3.05, 3.63) is 188 Å². The van der Waals surface area contributed by atoms with E-state index in [4.69, 9.17) is 0 Å². The molecular weight excluding hydrogens is 643 g/mol. The van der Waals surface area contributed by atoms with Crippen LogP contribution >= 0.6 is 0 Å². The van der Waals surface area contributed by atoms with Gasteiger partial charge in [-0.25, -0.2) is 0 Å². The van der Waals surface area contributed by atoms with Crippen LogP contribution in [0.3, 0.4) is 0 Å². The molecule has 2 aliphatic rings. The van der Waals surface area contributed by atoms with Crippen LogP contribution in [0.5, 0.6) is 0 Å². The predicted octanol–water partition coefficient (Wildman–Crippen LogP) is 6.40. The van der Waals surface area contributed by atoms with E-state index in [-0.39, 0.29) is 6.71 Å². The molecule has 240 valence electrons. The Bertz CT molecular complexity index is 2830. The Morgan fingerprint density at radius 3 is 1.17 bits per heavy atom. The molecule has 0 bridgehead atoms. The van der Waals surface area contributed by atoms with Gasteiger partial charge in [0.1, 0.15) is 0 Å². The maximum Gasteiger partial charge on any atom is 0.252 e. The van der Waals surface area contributed by atoms with Gasteiger partial charge >= 0.3 is 0 Å². The molecule has 2 nitrogen and oxygen atoms in total. The maximum atomic E-state index is 2.61. The third-order valence-electron chi connectivity index (χ3n) is 12.0. The Hall–Kier alpha value is -6.36. The maximum absolute atomic E-state index is 2.88. The summed E-state index contributed by atoms with van der Waals surface area (Å²) in [6, 6.07) is 71.2. The van der Waals surface area contributed by atoms with E-state index in [1.165, 1.54) is 92.1 Å². The summed E-state index contributed by atoms with van der Waals surface area (Å²) in [5, 5.41) is 10.8. The van der Waals surface area contributed by atoms with Crippen LogP contribution in [0.1, 0.15) is 0 Å². The van der Waals surface area contributed by atoms with E-state index in [0.717, 1.165) is 0 Å². The highest BCUT2D eigenvalue weighted by molar-refractivity contribution is 7.20. The van der Waals surface area contributed by atoms with Crippen LogP contribution in [0.2, 0.25) is 0 Å². The van der Waals surface area contributed by atoms with Crippen molar-refractivity contribution < 1.29 is 0 Å². The van der Waals surface area contributed by atoms with Crippen molar-refractivity contribution in [2.24, 2.45) is 0 Å². The average Bonchev–Trinajstić information content (AvgIpc) is 3.74. The number of nitrogens with zero attached hydrogens (tertiary/aromatic N) is 2. The van der Waals surface area contributed by atoms with Crippen molar-refractivity contribution in [2.75, 3.05) is 0 Å². The fraction of sp³-hybridized carbons (Fsp3) is 0. The summed E-state index contributed by atoms with van der Waals surface area (Å²) in [6.07, 6.45) is 0. The van der Waals surface area contributed by atoms with Gasteiger partial charge in [0.25, 0.3) is 6.71 Å². The van der Waals surface area contributed by atoms with Gasteiger partial charge in [0.05, 0.1) is 11.0 Å². The van der Waals surface area contributed by atoms with Crippen LogP contribution in [0.4, 0.5) is 0 Å². The highest BCUT2D eigenvalue weighted by Gasteiger charge is 2.46. The number of rotatable bonds is 4. The third kappa shape index (κ3) is 3.45. The first-order chi connectivity index (χ1) is 25.8. The third-order valence-corrected chi connectivity index (χ3v) is 16.8. The summed E-state index contributed by atoms with van der Waals surface area (Å²) in [7, 11) is -2.88. The summed E-state index contributed by atoms with van der Waals surface area (Å²) in [5.41, 5.74) is 11.9. The van der Waals surface area contributed by atoms with E-state index < -0.39 is 8.07 Å². The highest BCUT2D eigenvalue weighted by Crippen LogP contribution is 2.38. The number of fused-ring (bicyclic) bond motifs is 10. The standard InChI is InChI=1S/C48H31BN2Si/c1-4-16-32(17-5-1)52(33-18-6-2-7-19-33,34-20-8-3-9-21-34)35-30-44-46-45(31-35)51-43-29-13-11-23-37(43)39-25-15-27-41(48(39)51)49(46)40-26-14-24-38-36-22-10-12-28-42(36)50(44)47(38)40/h1-31H. The van der Waals surface area contributed by atoms with E-state index >= 15 is 0 Å². The molecule has 52 heavy (non-hydrogen) atoms. The zero-order valence-electron chi connectivity index (χ0n) is 28.4. The molecule has 0 spiro atoms. The highest BCUT2D eigenvalue weighted by atomic mass is 28.3. The Labute approximate surface area is 302 Å². The minimum atomic E-state index is -2.88. The van der Waals surface area contributed by atoms with Crippen LogP contribution in [-0.4, -0.2) is 23.9 Å². The van der Waals surface area contributed by atoms with Gasteiger partial charge in [-0.05, 0) is 61.4 Å². The SMILES string of the molecule is c1ccc([Si](c2ccccc2)(c2ccccc2)c2cc3c4c(c2)-n2c5ccccc5c5cccc(c52)B4c2cccc4c5ccccc5n-3c24)cc1. The van der Waals surface area contributed by atoms with Gasteiger partial charge in [-0.15, -0.1) is 0 Å². The molecule has 0 unspecified atom stereocenters. The molecule has 2 aliphatic heterocycles. The lowest BCUT2D eigenvalue weighted by molar-refractivity contribution is 1.15. The molecule has 2 aromatic heterocycles. The number of hydrogen-bond donors (Lipinski definition) is 0. The van der Waals surface area contributed by atoms with Crippen molar-refractivity contribution in [2.45, 2.75) is 0 Å². The Kier molecular flexibility index (Phi) is 5.64. The Morgan fingerprint density at radius 2 is 0.731 bits per heavy atom. The zero-order valence-corrected chi connectivity index (χ0v) is 29.4. The second kappa shape index (κ2) is 10.3. The summed E-state index contributed by atoms with van der Waals surface area (Å²) < 4.78 is 5.21. The van der Waals surface area contributed by atoms with Gasteiger partial charge in [-0.1, -0.05) is 164 Å².